The van der Waals surface area contributed by atoms with E-state index in [2.05, 4.69) is 5.32 Å². The second-order valence-electron chi connectivity index (χ2n) is 9.62. The number of rotatable bonds is 10. The van der Waals surface area contributed by atoms with Gasteiger partial charge in [-0.3, -0.25) is 0 Å². The van der Waals surface area contributed by atoms with Crippen molar-refractivity contribution in [2.24, 2.45) is 0 Å². The summed E-state index contributed by atoms with van der Waals surface area (Å²) in [6.45, 7) is 1.19. The van der Waals surface area contributed by atoms with Gasteiger partial charge in [0, 0.05) is 28.5 Å². The molecule has 0 saturated carbocycles. The molecule has 5 nitrogen and oxygen atoms in total. The van der Waals surface area contributed by atoms with Gasteiger partial charge >= 0.3 is 6.03 Å². The van der Waals surface area contributed by atoms with Crippen molar-refractivity contribution in [2.75, 3.05) is 19.0 Å². The largest absolute Gasteiger partial charge is 0.493 e. The van der Waals surface area contributed by atoms with Gasteiger partial charge in [0.25, 0.3) is 0 Å². The number of hydrogen-bond donors (Lipinski definition) is 1. The van der Waals surface area contributed by atoms with Gasteiger partial charge in [0.05, 0.1) is 12.8 Å². The zero-order valence-corrected chi connectivity index (χ0v) is 24.2. The summed E-state index contributed by atoms with van der Waals surface area (Å²) in [6, 6.07) is 34.8. The standard InChI is InChI=1S/C34H30Cl2N2O3/c1-40-32-17-14-25(20-33(32)41-23-24-8-3-2-4-9-24)22-38(19-18-27-15-16-28(35)21-30(27)36)34(39)37-31-13-7-11-26-10-5-6-12-29(26)31/h2-17,20-21H,18-19,22-23H2,1H3,(H,37,39). The summed E-state index contributed by atoms with van der Waals surface area (Å²) in [5.41, 5.74) is 3.63. The van der Waals surface area contributed by atoms with E-state index >= 15 is 0 Å². The minimum absolute atomic E-state index is 0.214. The first kappa shape index (κ1) is 28.3. The first-order chi connectivity index (χ1) is 20.0. The number of nitrogens with zero attached hydrogens (tertiary/aromatic N) is 1. The summed E-state index contributed by atoms with van der Waals surface area (Å²) in [5, 5.41) is 6.31. The van der Waals surface area contributed by atoms with E-state index in [0.29, 0.717) is 47.7 Å². The van der Waals surface area contributed by atoms with Crippen LogP contribution >= 0.6 is 23.2 Å². The van der Waals surface area contributed by atoms with Crippen LogP contribution in [0, 0.1) is 0 Å². The monoisotopic (exact) mass is 584 g/mol. The summed E-state index contributed by atoms with van der Waals surface area (Å²) < 4.78 is 11.7. The third kappa shape index (κ3) is 7.31. The van der Waals surface area contributed by atoms with Crippen LogP contribution in [0.4, 0.5) is 10.5 Å². The molecule has 0 bridgehead atoms. The Morgan fingerprint density at radius 2 is 1.59 bits per heavy atom. The fourth-order valence-corrected chi connectivity index (χ4v) is 5.15. The molecule has 1 N–H and O–H groups in total. The maximum absolute atomic E-state index is 13.7. The molecule has 41 heavy (non-hydrogen) atoms. The molecule has 0 aromatic heterocycles. The van der Waals surface area contributed by atoms with Gasteiger partial charge in [0.2, 0.25) is 0 Å². The van der Waals surface area contributed by atoms with E-state index < -0.39 is 0 Å². The number of urea groups is 1. The molecule has 0 fully saturated rings. The molecule has 0 aliphatic rings. The summed E-state index contributed by atoms with van der Waals surface area (Å²) in [5.74, 6) is 1.24. The fraction of sp³-hybridized carbons (Fsp3) is 0.147. The van der Waals surface area contributed by atoms with E-state index in [1.165, 1.54) is 0 Å². The lowest BCUT2D eigenvalue weighted by Crippen LogP contribution is -2.36. The summed E-state index contributed by atoms with van der Waals surface area (Å²) >= 11 is 12.6. The van der Waals surface area contributed by atoms with Crippen LogP contribution in [0.1, 0.15) is 16.7 Å². The van der Waals surface area contributed by atoms with E-state index in [0.717, 1.165) is 33.2 Å². The lowest BCUT2D eigenvalue weighted by Gasteiger charge is -2.24. The van der Waals surface area contributed by atoms with E-state index in [-0.39, 0.29) is 6.03 Å². The minimum Gasteiger partial charge on any atom is -0.493 e. The van der Waals surface area contributed by atoms with Crippen molar-refractivity contribution in [2.45, 2.75) is 19.6 Å². The van der Waals surface area contributed by atoms with Crippen LogP contribution in [0.15, 0.2) is 109 Å². The van der Waals surface area contributed by atoms with Crippen molar-refractivity contribution in [3.05, 3.63) is 136 Å². The third-order valence-electron chi connectivity index (χ3n) is 6.82. The van der Waals surface area contributed by atoms with Crippen LogP contribution in [0.2, 0.25) is 10.0 Å². The van der Waals surface area contributed by atoms with Crippen LogP contribution in [0.3, 0.4) is 0 Å². The maximum Gasteiger partial charge on any atom is 0.322 e. The Kier molecular flexibility index (Phi) is 9.29. The van der Waals surface area contributed by atoms with E-state index in [1.54, 1.807) is 18.1 Å². The number of ether oxygens (including phenoxy) is 2. The zero-order chi connectivity index (χ0) is 28.6. The number of benzene rings is 5. The molecule has 5 aromatic carbocycles. The molecule has 0 saturated heterocycles. The highest BCUT2D eigenvalue weighted by Gasteiger charge is 2.18. The molecular formula is C34H30Cl2N2O3. The first-order valence-corrected chi connectivity index (χ1v) is 14.1. The Bertz CT molecular complexity index is 1640. The Balaban J connectivity index is 1.39. The molecule has 5 aromatic rings. The number of hydrogen-bond acceptors (Lipinski definition) is 3. The van der Waals surface area contributed by atoms with Crippen LogP contribution in [0.5, 0.6) is 11.5 Å². The molecule has 0 unspecified atom stereocenters. The van der Waals surface area contributed by atoms with Gasteiger partial charge in [-0.25, -0.2) is 4.79 Å². The van der Waals surface area contributed by atoms with Crippen molar-refractivity contribution in [1.82, 2.24) is 4.90 Å². The highest BCUT2D eigenvalue weighted by molar-refractivity contribution is 6.35. The van der Waals surface area contributed by atoms with Gasteiger partial charge in [-0.1, -0.05) is 102 Å². The number of amides is 2. The van der Waals surface area contributed by atoms with Crippen LogP contribution in [0.25, 0.3) is 10.8 Å². The van der Waals surface area contributed by atoms with Gasteiger partial charge in [0.1, 0.15) is 6.61 Å². The summed E-state index contributed by atoms with van der Waals surface area (Å²) in [7, 11) is 1.62. The topological polar surface area (TPSA) is 50.8 Å². The smallest absolute Gasteiger partial charge is 0.322 e. The van der Waals surface area contributed by atoms with Gasteiger partial charge in [0.15, 0.2) is 11.5 Å². The van der Waals surface area contributed by atoms with Gasteiger partial charge < -0.3 is 19.7 Å². The fourth-order valence-electron chi connectivity index (χ4n) is 4.65. The lowest BCUT2D eigenvalue weighted by molar-refractivity contribution is 0.209. The average molecular weight is 586 g/mol. The third-order valence-corrected chi connectivity index (χ3v) is 7.41. The predicted molar refractivity (Wildman–Crippen MR) is 167 cm³/mol. The number of nitrogens with one attached hydrogen (secondary N) is 1. The van der Waals surface area contributed by atoms with Gasteiger partial charge in [-0.2, -0.15) is 0 Å². The molecule has 0 spiro atoms. The van der Waals surface area contributed by atoms with Crippen LogP contribution < -0.4 is 14.8 Å². The predicted octanol–water partition coefficient (Wildman–Crippen LogP) is 9.01. The van der Waals surface area contributed by atoms with Crippen molar-refractivity contribution in [3.63, 3.8) is 0 Å². The van der Waals surface area contributed by atoms with Crippen molar-refractivity contribution < 1.29 is 14.3 Å². The average Bonchev–Trinajstić information content (AvgIpc) is 2.99. The van der Waals surface area contributed by atoms with E-state index in [1.807, 2.05) is 103 Å². The summed E-state index contributed by atoms with van der Waals surface area (Å²) in [4.78, 5) is 15.5. The van der Waals surface area contributed by atoms with Crippen molar-refractivity contribution in [1.29, 1.82) is 0 Å². The summed E-state index contributed by atoms with van der Waals surface area (Å²) in [6.07, 6.45) is 0.562. The number of anilines is 1. The zero-order valence-electron chi connectivity index (χ0n) is 22.6. The highest BCUT2D eigenvalue weighted by atomic mass is 35.5. The first-order valence-electron chi connectivity index (χ1n) is 13.3. The highest BCUT2D eigenvalue weighted by Crippen LogP contribution is 2.30. The normalized spacial score (nSPS) is 10.8. The Morgan fingerprint density at radius 3 is 2.39 bits per heavy atom. The minimum atomic E-state index is -0.214. The van der Waals surface area contributed by atoms with E-state index in [9.17, 15) is 4.79 Å². The second-order valence-corrected chi connectivity index (χ2v) is 10.5. The van der Waals surface area contributed by atoms with Gasteiger partial charge in [-0.15, -0.1) is 0 Å². The number of fused-ring (bicyclic) bond motifs is 1. The molecule has 0 radical (unpaired) electrons. The SMILES string of the molecule is COc1ccc(CN(CCc2ccc(Cl)cc2Cl)C(=O)Nc2cccc3ccccc23)cc1OCc1ccccc1. The van der Waals surface area contributed by atoms with Crippen LogP contribution in [-0.2, 0) is 19.6 Å². The lowest BCUT2D eigenvalue weighted by atomic mass is 10.1. The molecule has 7 heteroatoms. The number of methoxy groups -OCH3 is 1. The second kappa shape index (κ2) is 13.4. The van der Waals surface area contributed by atoms with E-state index in [4.69, 9.17) is 32.7 Å². The molecule has 208 valence electrons. The molecule has 0 atom stereocenters. The Hall–Kier alpha value is -4.19. The van der Waals surface area contributed by atoms with Gasteiger partial charge in [-0.05, 0) is 58.8 Å². The molecule has 2 amide bonds. The Labute approximate surface area is 250 Å². The molecule has 0 heterocycles. The maximum atomic E-state index is 13.7. The van der Waals surface area contributed by atoms with Crippen molar-refractivity contribution in [3.8, 4) is 11.5 Å². The molecular weight excluding hydrogens is 555 g/mol. The quantitative estimate of drug-likeness (QED) is 0.178. The molecule has 0 aliphatic carbocycles. The van der Waals surface area contributed by atoms with Crippen LogP contribution in [-0.4, -0.2) is 24.6 Å². The number of carbonyl (C=O) groups is 1. The Morgan fingerprint density at radius 1 is 0.805 bits per heavy atom. The molecule has 0 aliphatic heterocycles. The van der Waals surface area contributed by atoms with Crippen molar-refractivity contribution >= 4 is 45.7 Å². The number of halogens is 2. The molecule has 5 rings (SSSR count). The number of carbonyl (C=O) groups excluding carboxylic acids is 1.